The van der Waals surface area contributed by atoms with Gasteiger partial charge >= 0.3 is 0 Å². The molecule has 1 aliphatic rings. The highest BCUT2D eigenvalue weighted by Gasteiger charge is 2.38. The van der Waals surface area contributed by atoms with Crippen molar-refractivity contribution in [2.45, 2.75) is 18.4 Å². The Kier molecular flexibility index (Phi) is 5.40. The topological polar surface area (TPSA) is 62.7 Å². The van der Waals surface area contributed by atoms with Gasteiger partial charge in [0.1, 0.15) is 11.4 Å². The molecule has 6 heteroatoms. The zero-order valence-corrected chi connectivity index (χ0v) is 13.9. The van der Waals surface area contributed by atoms with Crippen LogP contribution < -0.4 is 0 Å². The molecule has 0 aliphatic carbocycles. The van der Waals surface area contributed by atoms with Crippen molar-refractivity contribution >= 4 is 5.91 Å². The fourth-order valence-electron chi connectivity index (χ4n) is 3.07. The highest BCUT2D eigenvalue weighted by molar-refractivity contribution is 5.78. The summed E-state index contributed by atoms with van der Waals surface area (Å²) in [6.07, 6.45) is 2.06. The normalized spacial score (nSPS) is 20.5. The third-order valence-corrected chi connectivity index (χ3v) is 4.42. The second-order valence-corrected chi connectivity index (χ2v) is 6.27. The van der Waals surface area contributed by atoms with Gasteiger partial charge in [-0.25, -0.2) is 4.39 Å². The summed E-state index contributed by atoms with van der Waals surface area (Å²) in [5, 5.41) is 9.89. The number of aliphatic hydroxyl groups excluding tert-OH is 1. The van der Waals surface area contributed by atoms with E-state index in [1.165, 1.54) is 6.07 Å². The summed E-state index contributed by atoms with van der Waals surface area (Å²) in [5.74, 6) is -0.413. The number of halogens is 1. The minimum Gasteiger partial charge on any atom is -0.393 e. The largest absolute Gasteiger partial charge is 0.393 e. The van der Waals surface area contributed by atoms with Gasteiger partial charge < -0.3 is 14.7 Å². The number of amides is 1. The quantitative estimate of drug-likeness (QED) is 0.895. The number of ether oxygens (including phenoxy) is 1. The van der Waals surface area contributed by atoms with Crippen LogP contribution in [0, 0.1) is 5.82 Å². The third-order valence-electron chi connectivity index (χ3n) is 4.42. The summed E-state index contributed by atoms with van der Waals surface area (Å²) in [4.78, 5) is 18.4. The highest BCUT2D eigenvalue weighted by atomic mass is 19.1. The van der Waals surface area contributed by atoms with E-state index < -0.39 is 5.60 Å². The molecular weight excluding hydrogens is 323 g/mol. The Labute approximate surface area is 146 Å². The molecule has 0 saturated carbocycles. The van der Waals surface area contributed by atoms with E-state index in [1.807, 2.05) is 6.07 Å². The first-order valence-corrected chi connectivity index (χ1v) is 8.28. The van der Waals surface area contributed by atoms with Crippen LogP contribution in [0.25, 0.3) is 0 Å². The van der Waals surface area contributed by atoms with E-state index in [2.05, 4.69) is 4.98 Å². The number of aromatic nitrogens is 1. The van der Waals surface area contributed by atoms with Gasteiger partial charge in [-0.3, -0.25) is 9.78 Å². The Morgan fingerprint density at radius 3 is 2.80 bits per heavy atom. The van der Waals surface area contributed by atoms with Crippen LogP contribution in [-0.2, 0) is 22.4 Å². The van der Waals surface area contributed by atoms with Gasteiger partial charge in [0.2, 0.25) is 5.91 Å². The van der Waals surface area contributed by atoms with Crippen molar-refractivity contribution in [1.82, 2.24) is 9.88 Å². The van der Waals surface area contributed by atoms with Crippen molar-refractivity contribution < 1.29 is 19.0 Å². The van der Waals surface area contributed by atoms with Crippen LogP contribution in [0.2, 0.25) is 0 Å². The molecule has 0 radical (unpaired) electrons. The lowest BCUT2D eigenvalue weighted by molar-refractivity contribution is -0.157. The standard InChI is InChI=1S/C19H21FN2O3/c20-17-7-2-1-5-15(17)12-19(14-23)13-22(9-10-25-19)18(24)11-16-6-3-4-8-21-16/h1-8,23H,9-14H2. The fourth-order valence-corrected chi connectivity index (χ4v) is 3.07. The van der Waals surface area contributed by atoms with Gasteiger partial charge in [-0.05, 0) is 23.8 Å². The Morgan fingerprint density at radius 2 is 2.08 bits per heavy atom. The Hall–Kier alpha value is -2.31. The number of morpholine rings is 1. The zero-order chi connectivity index (χ0) is 17.7. The van der Waals surface area contributed by atoms with Crippen molar-refractivity contribution in [2.24, 2.45) is 0 Å². The van der Waals surface area contributed by atoms with Crippen LogP contribution in [-0.4, -0.2) is 52.8 Å². The molecule has 25 heavy (non-hydrogen) atoms. The number of pyridine rings is 1. The molecule has 1 atom stereocenters. The average molecular weight is 344 g/mol. The van der Waals surface area contributed by atoms with E-state index in [0.717, 1.165) is 0 Å². The number of aliphatic hydroxyl groups is 1. The molecular formula is C19H21FN2O3. The molecule has 1 fully saturated rings. The van der Waals surface area contributed by atoms with Gasteiger partial charge in [-0.2, -0.15) is 0 Å². The number of hydrogen-bond donors (Lipinski definition) is 1. The third kappa shape index (κ3) is 4.21. The molecule has 0 spiro atoms. The van der Waals surface area contributed by atoms with Gasteiger partial charge in [0.05, 0.1) is 26.2 Å². The van der Waals surface area contributed by atoms with Crippen LogP contribution in [0.4, 0.5) is 4.39 Å². The molecule has 1 aliphatic heterocycles. The molecule has 1 aromatic heterocycles. The maximum Gasteiger partial charge on any atom is 0.228 e. The average Bonchev–Trinajstić information content (AvgIpc) is 2.65. The molecule has 1 amide bonds. The summed E-state index contributed by atoms with van der Waals surface area (Å²) in [6.45, 7) is 0.700. The molecule has 0 bridgehead atoms. The predicted octanol–water partition coefficient (Wildman–Crippen LogP) is 1.60. The number of hydrogen-bond acceptors (Lipinski definition) is 4. The van der Waals surface area contributed by atoms with Crippen LogP contribution >= 0.6 is 0 Å². The summed E-state index contributed by atoms with van der Waals surface area (Å²) in [5.41, 5.74) is 0.179. The van der Waals surface area contributed by atoms with Crippen molar-refractivity contribution in [3.8, 4) is 0 Å². The predicted molar refractivity (Wildman–Crippen MR) is 90.4 cm³/mol. The second kappa shape index (κ2) is 7.72. The van der Waals surface area contributed by atoms with E-state index >= 15 is 0 Å². The molecule has 2 aromatic rings. The van der Waals surface area contributed by atoms with E-state index in [4.69, 9.17) is 4.74 Å². The monoisotopic (exact) mass is 344 g/mol. The first kappa shape index (κ1) is 17.5. The van der Waals surface area contributed by atoms with Crippen molar-refractivity contribution in [2.75, 3.05) is 26.3 Å². The van der Waals surface area contributed by atoms with E-state index in [0.29, 0.717) is 24.4 Å². The Bertz CT molecular complexity index is 726. The van der Waals surface area contributed by atoms with Crippen molar-refractivity contribution in [3.63, 3.8) is 0 Å². The fraction of sp³-hybridized carbons (Fsp3) is 0.368. The maximum atomic E-state index is 14.0. The highest BCUT2D eigenvalue weighted by Crippen LogP contribution is 2.24. The van der Waals surface area contributed by atoms with Gasteiger partial charge in [0, 0.05) is 24.9 Å². The minimum absolute atomic E-state index is 0.0756. The SMILES string of the molecule is O=C(Cc1ccccn1)N1CCOC(CO)(Cc2ccccc2F)C1. The first-order valence-electron chi connectivity index (χ1n) is 8.28. The van der Waals surface area contributed by atoms with Crippen molar-refractivity contribution in [1.29, 1.82) is 0 Å². The van der Waals surface area contributed by atoms with E-state index in [-0.39, 0.29) is 37.7 Å². The number of nitrogens with zero attached hydrogens (tertiary/aromatic N) is 2. The lowest BCUT2D eigenvalue weighted by Crippen LogP contribution is -2.57. The summed E-state index contributed by atoms with van der Waals surface area (Å²) in [6, 6.07) is 11.9. The van der Waals surface area contributed by atoms with Crippen LogP contribution in [0.15, 0.2) is 48.7 Å². The summed E-state index contributed by atoms with van der Waals surface area (Å²) in [7, 11) is 0. The lowest BCUT2D eigenvalue weighted by Gasteiger charge is -2.42. The van der Waals surface area contributed by atoms with E-state index in [1.54, 1.807) is 41.4 Å². The lowest BCUT2D eigenvalue weighted by atomic mass is 9.92. The van der Waals surface area contributed by atoms with Gasteiger partial charge in [-0.15, -0.1) is 0 Å². The van der Waals surface area contributed by atoms with Crippen LogP contribution in [0.5, 0.6) is 0 Å². The molecule has 1 saturated heterocycles. The number of carbonyl (C=O) groups is 1. The van der Waals surface area contributed by atoms with Crippen molar-refractivity contribution in [3.05, 3.63) is 65.7 Å². The molecule has 1 aromatic carbocycles. The van der Waals surface area contributed by atoms with Crippen LogP contribution in [0.1, 0.15) is 11.3 Å². The zero-order valence-electron chi connectivity index (χ0n) is 13.9. The number of benzene rings is 1. The van der Waals surface area contributed by atoms with E-state index in [9.17, 15) is 14.3 Å². The van der Waals surface area contributed by atoms with Gasteiger partial charge in [0.25, 0.3) is 0 Å². The molecule has 132 valence electrons. The maximum absolute atomic E-state index is 14.0. The smallest absolute Gasteiger partial charge is 0.228 e. The first-order chi connectivity index (χ1) is 12.1. The summed E-state index contributed by atoms with van der Waals surface area (Å²) < 4.78 is 19.7. The number of carbonyl (C=O) groups excluding carboxylic acids is 1. The molecule has 2 heterocycles. The van der Waals surface area contributed by atoms with Crippen LogP contribution in [0.3, 0.4) is 0 Å². The molecule has 1 N–H and O–H groups in total. The molecule has 3 rings (SSSR count). The molecule has 5 nitrogen and oxygen atoms in total. The van der Waals surface area contributed by atoms with Gasteiger partial charge in [-0.1, -0.05) is 24.3 Å². The molecule has 1 unspecified atom stereocenters. The summed E-state index contributed by atoms with van der Waals surface area (Å²) >= 11 is 0. The van der Waals surface area contributed by atoms with Gasteiger partial charge in [0.15, 0.2) is 0 Å². The second-order valence-electron chi connectivity index (χ2n) is 6.27. The minimum atomic E-state index is -0.986. The Morgan fingerprint density at radius 1 is 1.28 bits per heavy atom. The Balaban J connectivity index is 1.71. The number of rotatable bonds is 5.